The van der Waals surface area contributed by atoms with Crippen molar-refractivity contribution in [2.75, 3.05) is 5.73 Å². The van der Waals surface area contributed by atoms with Gasteiger partial charge in [-0.1, -0.05) is 72.0 Å². The van der Waals surface area contributed by atoms with Crippen LogP contribution in [0, 0.1) is 0 Å². The van der Waals surface area contributed by atoms with E-state index >= 15 is 0 Å². The van der Waals surface area contributed by atoms with Crippen molar-refractivity contribution in [3.8, 4) is 0 Å². The Morgan fingerprint density at radius 2 is 1.88 bits per heavy atom. The van der Waals surface area contributed by atoms with E-state index in [0.717, 1.165) is 38.1 Å². The molecule has 4 heteroatoms. The van der Waals surface area contributed by atoms with Crippen LogP contribution < -0.4 is 11.5 Å². The highest BCUT2D eigenvalue weighted by Crippen LogP contribution is 2.34. The molecule has 0 spiro atoms. The van der Waals surface area contributed by atoms with Gasteiger partial charge >= 0.3 is 0 Å². The molecule has 0 saturated carbocycles. The SMILES string of the molecule is C=C/C(C)=C\C=C(/C)c1cc2sc(N)nc2cc1C(N)c1ccccc1. The number of benzene rings is 2. The molecular formula is C22H23N3S. The highest BCUT2D eigenvalue weighted by atomic mass is 32.1. The van der Waals surface area contributed by atoms with Gasteiger partial charge in [0.05, 0.1) is 16.3 Å². The van der Waals surface area contributed by atoms with Crippen LogP contribution in [0.3, 0.4) is 0 Å². The number of hydrogen-bond donors (Lipinski definition) is 2. The summed E-state index contributed by atoms with van der Waals surface area (Å²) in [6, 6.07) is 14.1. The fourth-order valence-corrected chi connectivity index (χ4v) is 3.62. The summed E-state index contributed by atoms with van der Waals surface area (Å²) < 4.78 is 1.07. The molecular weight excluding hydrogens is 338 g/mol. The number of aromatic nitrogens is 1. The van der Waals surface area contributed by atoms with Gasteiger partial charge in [-0.05, 0) is 48.2 Å². The minimum absolute atomic E-state index is 0.230. The summed E-state index contributed by atoms with van der Waals surface area (Å²) in [7, 11) is 0. The van der Waals surface area contributed by atoms with E-state index in [1.165, 1.54) is 11.3 Å². The first kappa shape index (κ1) is 18.1. The minimum atomic E-state index is -0.230. The lowest BCUT2D eigenvalue weighted by Crippen LogP contribution is -2.13. The second kappa shape index (κ2) is 7.68. The number of rotatable bonds is 5. The summed E-state index contributed by atoms with van der Waals surface area (Å²) in [6.45, 7) is 7.93. The van der Waals surface area contributed by atoms with Gasteiger partial charge in [0.15, 0.2) is 5.13 Å². The molecule has 3 rings (SSSR count). The Kier molecular flexibility index (Phi) is 5.35. The largest absolute Gasteiger partial charge is 0.375 e. The lowest BCUT2D eigenvalue weighted by Gasteiger charge is -2.18. The molecule has 0 aliphatic carbocycles. The highest BCUT2D eigenvalue weighted by molar-refractivity contribution is 7.22. The van der Waals surface area contributed by atoms with Crippen molar-refractivity contribution in [1.29, 1.82) is 0 Å². The Morgan fingerprint density at radius 1 is 1.15 bits per heavy atom. The molecule has 1 aromatic heterocycles. The van der Waals surface area contributed by atoms with E-state index in [4.69, 9.17) is 11.5 Å². The number of nitrogens with two attached hydrogens (primary N) is 2. The zero-order chi connectivity index (χ0) is 18.7. The molecule has 0 amide bonds. The summed E-state index contributed by atoms with van der Waals surface area (Å²) in [5.41, 5.74) is 18.9. The fraction of sp³-hybridized carbons (Fsp3) is 0.136. The summed E-state index contributed by atoms with van der Waals surface area (Å²) in [5.74, 6) is 0. The molecule has 3 nitrogen and oxygen atoms in total. The van der Waals surface area contributed by atoms with Crippen molar-refractivity contribution in [3.63, 3.8) is 0 Å². The molecule has 0 radical (unpaired) electrons. The fourth-order valence-electron chi connectivity index (χ4n) is 2.86. The molecule has 4 N–H and O–H groups in total. The Morgan fingerprint density at radius 3 is 2.58 bits per heavy atom. The van der Waals surface area contributed by atoms with E-state index in [2.05, 4.69) is 54.9 Å². The summed E-state index contributed by atoms with van der Waals surface area (Å²) >= 11 is 1.50. The predicted molar refractivity (Wildman–Crippen MR) is 114 cm³/mol. The van der Waals surface area contributed by atoms with Crippen LogP contribution in [0.25, 0.3) is 15.8 Å². The van der Waals surface area contributed by atoms with Gasteiger partial charge < -0.3 is 11.5 Å². The lowest BCUT2D eigenvalue weighted by atomic mass is 9.91. The van der Waals surface area contributed by atoms with Crippen LogP contribution in [-0.2, 0) is 0 Å². The number of anilines is 1. The molecule has 0 saturated heterocycles. The van der Waals surface area contributed by atoms with Crippen molar-refractivity contribution >= 4 is 32.3 Å². The van der Waals surface area contributed by atoms with Crippen molar-refractivity contribution in [2.24, 2.45) is 5.73 Å². The van der Waals surface area contributed by atoms with Crippen LogP contribution in [0.1, 0.15) is 36.6 Å². The third-order valence-electron chi connectivity index (χ3n) is 4.41. The Labute approximate surface area is 158 Å². The minimum Gasteiger partial charge on any atom is -0.375 e. The van der Waals surface area contributed by atoms with Crippen molar-refractivity contribution < 1.29 is 0 Å². The number of fused-ring (bicyclic) bond motifs is 1. The molecule has 1 atom stereocenters. The Bertz CT molecular complexity index is 997. The highest BCUT2D eigenvalue weighted by Gasteiger charge is 2.17. The molecule has 0 fully saturated rings. The Hall–Kier alpha value is -2.69. The van der Waals surface area contributed by atoms with Crippen molar-refractivity contribution in [3.05, 3.63) is 89.5 Å². The number of nitrogen functional groups attached to an aromatic ring is 1. The molecule has 26 heavy (non-hydrogen) atoms. The zero-order valence-electron chi connectivity index (χ0n) is 15.1. The molecule has 1 heterocycles. The van der Waals surface area contributed by atoms with Gasteiger partial charge in [0.25, 0.3) is 0 Å². The maximum Gasteiger partial charge on any atom is 0.181 e. The van der Waals surface area contributed by atoms with E-state index in [1.807, 2.05) is 31.2 Å². The lowest BCUT2D eigenvalue weighted by molar-refractivity contribution is 0.869. The van der Waals surface area contributed by atoms with Crippen LogP contribution in [0.5, 0.6) is 0 Å². The second-order valence-corrected chi connectivity index (χ2v) is 7.37. The van der Waals surface area contributed by atoms with Gasteiger partial charge in [0, 0.05) is 0 Å². The van der Waals surface area contributed by atoms with E-state index in [-0.39, 0.29) is 6.04 Å². The summed E-state index contributed by atoms with van der Waals surface area (Å²) in [4.78, 5) is 4.43. The smallest absolute Gasteiger partial charge is 0.181 e. The van der Waals surface area contributed by atoms with Gasteiger partial charge in [-0.3, -0.25) is 0 Å². The first-order chi connectivity index (χ1) is 12.5. The summed E-state index contributed by atoms with van der Waals surface area (Å²) in [6.07, 6.45) is 6.00. The number of thiazole rings is 1. The van der Waals surface area contributed by atoms with Crippen molar-refractivity contribution in [1.82, 2.24) is 4.98 Å². The number of nitrogens with zero attached hydrogens (tertiary/aromatic N) is 1. The molecule has 132 valence electrons. The average Bonchev–Trinajstić information content (AvgIpc) is 3.03. The molecule has 3 aromatic rings. The maximum absolute atomic E-state index is 6.62. The Balaban J connectivity index is 2.17. The van der Waals surface area contributed by atoms with Crippen LogP contribution in [0.15, 0.2) is 72.8 Å². The molecule has 0 aliphatic heterocycles. The topological polar surface area (TPSA) is 64.9 Å². The van der Waals surface area contributed by atoms with E-state index in [0.29, 0.717) is 5.13 Å². The van der Waals surface area contributed by atoms with Crippen LogP contribution in [0.4, 0.5) is 5.13 Å². The standard InChI is InChI=1S/C22H23N3S/c1-4-14(2)10-11-15(3)17-13-20-19(25-22(24)26-20)12-18(17)21(23)16-8-6-5-7-9-16/h4-13,21H,1,23H2,2-3H3,(H2,24,25)/b14-10-,15-11+. The molecule has 0 aliphatic rings. The molecule has 0 bridgehead atoms. The van der Waals surface area contributed by atoms with Gasteiger partial charge in [-0.15, -0.1) is 0 Å². The molecule has 2 aromatic carbocycles. The van der Waals surface area contributed by atoms with Crippen LogP contribution in [0.2, 0.25) is 0 Å². The third kappa shape index (κ3) is 3.77. The first-order valence-electron chi connectivity index (χ1n) is 8.48. The van der Waals surface area contributed by atoms with E-state index in [1.54, 1.807) is 0 Å². The normalized spacial score (nSPS) is 13.8. The third-order valence-corrected chi connectivity index (χ3v) is 5.26. The summed E-state index contributed by atoms with van der Waals surface area (Å²) in [5, 5.41) is 0.570. The van der Waals surface area contributed by atoms with Gasteiger partial charge in [-0.2, -0.15) is 0 Å². The predicted octanol–water partition coefficient (Wildman–Crippen LogP) is 5.46. The zero-order valence-corrected chi connectivity index (χ0v) is 15.9. The van der Waals surface area contributed by atoms with Crippen LogP contribution in [-0.4, -0.2) is 4.98 Å². The average molecular weight is 362 g/mol. The monoisotopic (exact) mass is 361 g/mol. The quantitative estimate of drug-likeness (QED) is 0.593. The number of allylic oxidation sites excluding steroid dienone is 5. The van der Waals surface area contributed by atoms with Gasteiger partial charge in [0.1, 0.15) is 0 Å². The van der Waals surface area contributed by atoms with Gasteiger partial charge in [0.2, 0.25) is 0 Å². The van der Waals surface area contributed by atoms with Gasteiger partial charge in [-0.25, -0.2) is 4.98 Å². The number of hydrogen-bond acceptors (Lipinski definition) is 4. The van der Waals surface area contributed by atoms with Crippen LogP contribution >= 0.6 is 11.3 Å². The first-order valence-corrected chi connectivity index (χ1v) is 9.29. The van der Waals surface area contributed by atoms with Crippen molar-refractivity contribution in [2.45, 2.75) is 19.9 Å². The second-order valence-electron chi connectivity index (χ2n) is 6.31. The maximum atomic E-state index is 6.62. The molecule has 1 unspecified atom stereocenters. The van der Waals surface area contributed by atoms with E-state index < -0.39 is 0 Å². The van der Waals surface area contributed by atoms with E-state index in [9.17, 15) is 0 Å².